The predicted octanol–water partition coefficient (Wildman–Crippen LogP) is 2.25. The van der Waals surface area contributed by atoms with E-state index in [1.54, 1.807) is 6.92 Å². The Morgan fingerprint density at radius 3 is 2.67 bits per heavy atom. The van der Waals surface area contributed by atoms with Gasteiger partial charge in [0.25, 0.3) is 0 Å². The van der Waals surface area contributed by atoms with Crippen LogP contribution in [0.15, 0.2) is 0 Å². The highest BCUT2D eigenvalue weighted by Gasteiger charge is 2.20. The normalized spacial score (nSPS) is 23.6. The summed E-state index contributed by atoms with van der Waals surface area (Å²) < 4.78 is 0. The van der Waals surface area contributed by atoms with E-state index in [9.17, 15) is 9.59 Å². The van der Waals surface area contributed by atoms with Crippen LogP contribution in [0.25, 0.3) is 0 Å². The number of carbonyl (C=O) groups is 2. The zero-order valence-electron chi connectivity index (χ0n) is 11.7. The molecule has 1 aliphatic heterocycles. The molecule has 0 radical (unpaired) electrons. The van der Waals surface area contributed by atoms with Crippen LogP contribution in [0.2, 0.25) is 0 Å². The molecule has 100 valence electrons. The van der Waals surface area contributed by atoms with Gasteiger partial charge in [-0.15, -0.1) is 5.92 Å². The monoisotopic (exact) mass is 249 g/mol. The van der Waals surface area contributed by atoms with Gasteiger partial charge in [0.1, 0.15) is 5.78 Å². The highest BCUT2D eigenvalue weighted by Crippen LogP contribution is 2.15. The zero-order valence-corrected chi connectivity index (χ0v) is 11.7. The van der Waals surface area contributed by atoms with Gasteiger partial charge < -0.3 is 9.69 Å². The lowest BCUT2D eigenvalue weighted by molar-refractivity contribution is -0.132. The molecule has 2 atom stereocenters. The summed E-state index contributed by atoms with van der Waals surface area (Å²) in [5, 5.41) is 0. The maximum Gasteiger partial charge on any atom is 0.222 e. The largest absolute Gasteiger partial charge is 0.341 e. The number of hydrogen-bond donors (Lipinski definition) is 0. The van der Waals surface area contributed by atoms with Crippen molar-refractivity contribution < 1.29 is 9.59 Å². The van der Waals surface area contributed by atoms with Crippen LogP contribution in [0.4, 0.5) is 0 Å². The molecule has 3 heteroatoms. The van der Waals surface area contributed by atoms with Crippen molar-refractivity contribution in [3.8, 4) is 11.8 Å². The van der Waals surface area contributed by atoms with E-state index in [4.69, 9.17) is 0 Å². The van der Waals surface area contributed by atoms with Crippen LogP contribution in [-0.4, -0.2) is 29.7 Å². The molecule has 0 unspecified atom stereocenters. The molecule has 0 fully saturated rings. The van der Waals surface area contributed by atoms with Gasteiger partial charge in [-0.3, -0.25) is 4.79 Å². The predicted molar refractivity (Wildman–Crippen MR) is 71.8 cm³/mol. The standard InChI is InChI=1S/C15H23NO2/c1-12-7-4-5-10-16(11-13(12)2)15(18)9-6-8-14(3)17/h12-13H,5-6,8-11H2,1-3H3/t12-,13-/m0/s1. The summed E-state index contributed by atoms with van der Waals surface area (Å²) in [6.45, 7) is 7.33. The number of rotatable bonds is 4. The smallest absolute Gasteiger partial charge is 0.222 e. The lowest BCUT2D eigenvalue weighted by Gasteiger charge is -2.28. The number of nitrogens with zero attached hydrogens (tertiary/aromatic N) is 1. The molecule has 0 aromatic carbocycles. The minimum absolute atomic E-state index is 0.156. The van der Waals surface area contributed by atoms with Crippen LogP contribution in [0.5, 0.6) is 0 Å². The van der Waals surface area contributed by atoms with Gasteiger partial charge in [-0.25, -0.2) is 0 Å². The third-order valence-electron chi connectivity index (χ3n) is 3.47. The molecule has 0 aromatic heterocycles. The molecule has 1 heterocycles. The van der Waals surface area contributed by atoms with Crippen molar-refractivity contribution in [2.24, 2.45) is 11.8 Å². The molecular weight excluding hydrogens is 226 g/mol. The molecular formula is C15H23NO2. The fourth-order valence-electron chi connectivity index (χ4n) is 2.04. The summed E-state index contributed by atoms with van der Waals surface area (Å²) in [5.74, 6) is 7.43. The summed E-state index contributed by atoms with van der Waals surface area (Å²) >= 11 is 0. The van der Waals surface area contributed by atoms with Crippen molar-refractivity contribution in [1.29, 1.82) is 0 Å². The SMILES string of the molecule is CC(=O)CCCC(=O)N1CCC#C[C@H](C)[C@@H](C)C1. The average molecular weight is 249 g/mol. The molecule has 1 rings (SSSR count). The van der Waals surface area contributed by atoms with E-state index >= 15 is 0 Å². The van der Waals surface area contributed by atoms with Crippen molar-refractivity contribution >= 4 is 11.7 Å². The topological polar surface area (TPSA) is 37.4 Å². The molecule has 0 N–H and O–H groups in total. The van der Waals surface area contributed by atoms with E-state index in [2.05, 4.69) is 25.7 Å². The van der Waals surface area contributed by atoms with Crippen molar-refractivity contribution in [2.45, 2.75) is 46.5 Å². The van der Waals surface area contributed by atoms with Crippen molar-refractivity contribution in [1.82, 2.24) is 4.90 Å². The Morgan fingerprint density at radius 2 is 2.00 bits per heavy atom. The van der Waals surface area contributed by atoms with Crippen LogP contribution in [-0.2, 0) is 9.59 Å². The molecule has 0 saturated carbocycles. The van der Waals surface area contributed by atoms with E-state index in [1.165, 1.54) is 0 Å². The first-order valence-electron chi connectivity index (χ1n) is 6.76. The summed E-state index contributed by atoms with van der Waals surface area (Å²) in [5.41, 5.74) is 0. The molecule has 0 aliphatic carbocycles. The van der Waals surface area contributed by atoms with E-state index in [1.807, 2.05) is 4.90 Å². The Morgan fingerprint density at radius 1 is 1.28 bits per heavy atom. The second kappa shape index (κ2) is 7.20. The summed E-state index contributed by atoms with van der Waals surface area (Å²) in [6, 6.07) is 0. The Kier molecular flexibility index (Phi) is 5.91. The lowest BCUT2D eigenvalue weighted by atomic mass is 9.94. The molecule has 0 spiro atoms. The summed E-state index contributed by atoms with van der Waals surface area (Å²) in [7, 11) is 0. The number of amides is 1. The van der Waals surface area contributed by atoms with Crippen molar-refractivity contribution in [3.05, 3.63) is 0 Å². The maximum atomic E-state index is 12.1. The van der Waals surface area contributed by atoms with E-state index in [0.29, 0.717) is 31.1 Å². The quantitative estimate of drug-likeness (QED) is 0.717. The average Bonchev–Trinajstić information content (AvgIpc) is 2.29. The highest BCUT2D eigenvalue weighted by molar-refractivity contribution is 5.78. The Labute approximate surface area is 110 Å². The third-order valence-corrected chi connectivity index (χ3v) is 3.47. The second-order valence-electron chi connectivity index (χ2n) is 5.23. The molecule has 0 saturated heterocycles. The maximum absolute atomic E-state index is 12.1. The number of Topliss-reactive ketones (excluding diaryl/α,β-unsaturated/α-hetero) is 1. The van der Waals surface area contributed by atoms with Crippen molar-refractivity contribution in [3.63, 3.8) is 0 Å². The Balaban J connectivity index is 2.47. The lowest BCUT2D eigenvalue weighted by Crippen LogP contribution is -2.37. The first kappa shape index (κ1) is 14.8. The van der Waals surface area contributed by atoms with E-state index < -0.39 is 0 Å². The fraction of sp³-hybridized carbons (Fsp3) is 0.733. The van der Waals surface area contributed by atoms with Gasteiger partial charge in [0.05, 0.1) is 0 Å². The third kappa shape index (κ3) is 4.91. The molecule has 1 amide bonds. The van der Waals surface area contributed by atoms with Crippen LogP contribution in [0.3, 0.4) is 0 Å². The zero-order chi connectivity index (χ0) is 13.5. The molecule has 3 nitrogen and oxygen atoms in total. The van der Waals surface area contributed by atoms with E-state index in [0.717, 1.165) is 19.5 Å². The van der Waals surface area contributed by atoms with Gasteiger partial charge in [-0.2, -0.15) is 0 Å². The number of hydrogen-bond acceptors (Lipinski definition) is 2. The van der Waals surface area contributed by atoms with Gasteiger partial charge in [-0.1, -0.05) is 19.8 Å². The second-order valence-corrected chi connectivity index (χ2v) is 5.23. The van der Waals surface area contributed by atoms with Gasteiger partial charge in [0, 0.05) is 38.3 Å². The van der Waals surface area contributed by atoms with Crippen LogP contribution in [0, 0.1) is 23.7 Å². The minimum Gasteiger partial charge on any atom is -0.341 e. The van der Waals surface area contributed by atoms with Crippen LogP contribution < -0.4 is 0 Å². The van der Waals surface area contributed by atoms with Gasteiger partial charge in [-0.05, 0) is 19.3 Å². The highest BCUT2D eigenvalue weighted by atomic mass is 16.2. The van der Waals surface area contributed by atoms with Crippen LogP contribution in [0.1, 0.15) is 46.5 Å². The number of ketones is 1. The number of carbonyl (C=O) groups excluding carboxylic acids is 2. The van der Waals surface area contributed by atoms with Gasteiger partial charge in [0.2, 0.25) is 5.91 Å². The summed E-state index contributed by atoms with van der Waals surface area (Å²) in [6.07, 6.45) is 2.41. The van der Waals surface area contributed by atoms with Gasteiger partial charge in [0.15, 0.2) is 0 Å². The Hall–Kier alpha value is -1.30. The van der Waals surface area contributed by atoms with E-state index in [-0.39, 0.29) is 11.7 Å². The molecule has 18 heavy (non-hydrogen) atoms. The summed E-state index contributed by atoms with van der Waals surface area (Å²) in [4.78, 5) is 24.8. The molecule has 0 aromatic rings. The van der Waals surface area contributed by atoms with Gasteiger partial charge >= 0.3 is 0 Å². The van der Waals surface area contributed by atoms with Crippen molar-refractivity contribution in [2.75, 3.05) is 13.1 Å². The molecule has 0 bridgehead atoms. The minimum atomic E-state index is 0.156. The fourth-order valence-corrected chi connectivity index (χ4v) is 2.04. The van der Waals surface area contributed by atoms with Crippen LogP contribution >= 0.6 is 0 Å². The Bertz CT molecular complexity index is 364. The molecule has 1 aliphatic rings. The first-order chi connectivity index (χ1) is 8.50. The first-order valence-corrected chi connectivity index (χ1v) is 6.76.